The number of carbonyl (C=O) groups excluding carboxylic acids is 2. The van der Waals surface area contributed by atoms with Crippen molar-refractivity contribution < 1.29 is 9.59 Å². The Morgan fingerprint density at radius 2 is 2.14 bits per heavy atom. The monoisotopic (exact) mass is 287 g/mol. The van der Waals surface area contributed by atoms with Crippen molar-refractivity contribution in [1.82, 2.24) is 15.6 Å². The Kier molecular flexibility index (Phi) is 5.11. The Balaban J connectivity index is 2.05. The van der Waals surface area contributed by atoms with E-state index in [2.05, 4.69) is 15.6 Å². The van der Waals surface area contributed by atoms with Crippen LogP contribution in [0.1, 0.15) is 19.4 Å². The maximum atomic E-state index is 12.0. The molecule has 1 aromatic heterocycles. The molecule has 1 heterocycles. The Bertz CT molecular complexity index is 621. The van der Waals surface area contributed by atoms with E-state index in [-0.39, 0.29) is 11.9 Å². The lowest BCUT2D eigenvalue weighted by Crippen LogP contribution is -2.47. The summed E-state index contributed by atoms with van der Waals surface area (Å²) >= 11 is 0. The number of benzene rings is 1. The number of nitrogens with one attached hydrogen (secondary N) is 3. The number of rotatable bonds is 7. The van der Waals surface area contributed by atoms with E-state index in [1.807, 2.05) is 37.4 Å². The third kappa shape index (κ3) is 3.70. The highest BCUT2D eigenvalue weighted by molar-refractivity contribution is 5.86. The molecule has 21 heavy (non-hydrogen) atoms. The molecule has 0 unspecified atom stereocenters. The van der Waals surface area contributed by atoms with Crippen LogP contribution in [0.2, 0.25) is 0 Å². The summed E-state index contributed by atoms with van der Waals surface area (Å²) in [4.78, 5) is 26.4. The first-order chi connectivity index (χ1) is 10.2. The predicted molar refractivity (Wildman–Crippen MR) is 83.1 cm³/mol. The molecule has 2 atom stereocenters. The fourth-order valence-electron chi connectivity index (χ4n) is 2.38. The first kappa shape index (κ1) is 15.3. The van der Waals surface area contributed by atoms with Crippen molar-refractivity contribution >= 4 is 23.1 Å². The van der Waals surface area contributed by atoms with Crippen molar-refractivity contribution in [2.24, 2.45) is 0 Å². The third-order valence-corrected chi connectivity index (χ3v) is 3.51. The Labute approximate surface area is 124 Å². The van der Waals surface area contributed by atoms with Crippen molar-refractivity contribution in [2.75, 3.05) is 6.54 Å². The summed E-state index contributed by atoms with van der Waals surface area (Å²) in [6.07, 6.45) is 3.16. The highest BCUT2D eigenvalue weighted by Gasteiger charge is 2.17. The number of hydrogen-bond donors (Lipinski definition) is 3. The summed E-state index contributed by atoms with van der Waals surface area (Å²) in [6.45, 7) is 4.43. The van der Waals surface area contributed by atoms with Crippen LogP contribution >= 0.6 is 0 Å². The lowest BCUT2D eigenvalue weighted by atomic mass is 10.1. The van der Waals surface area contributed by atoms with Gasteiger partial charge in [0.1, 0.15) is 6.29 Å². The molecule has 5 nitrogen and oxygen atoms in total. The largest absolute Gasteiger partial charge is 0.361 e. The van der Waals surface area contributed by atoms with Gasteiger partial charge in [-0.3, -0.25) is 4.79 Å². The lowest BCUT2D eigenvalue weighted by Gasteiger charge is -2.17. The van der Waals surface area contributed by atoms with Gasteiger partial charge in [0.05, 0.1) is 12.1 Å². The van der Waals surface area contributed by atoms with Crippen LogP contribution in [0.15, 0.2) is 30.5 Å². The number of aromatic amines is 1. The van der Waals surface area contributed by atoms with E-state index in [1.54, 1.807) is 6.92 Å². The summed E-state index contributed by atoms with van der Waals surface area (Å²) in [5.74, 6) is -0.159. The molecule has 0 aliphatic carbocycles. The molecule has 1 aromatic carbocycles. The van der Waals surface area contributed by atoms with Gasteiger partial charge in [0.25, 0.3) is 0 Å². The number of likely N-dealkylation sites (N-methyl/N-ethyl adjacent to an activating group) is 1. The van der Waals surface area contributed by atoms with Crippen LogP contribution in [-0.4, -0.2) is 35.8 Å². The average molecular weight is 287 g/mol. The maximum absolute atomic E-state index is 12.0. The van der Waals surface area contributed by atoms with E-state index in [1.165, 1.54) is 0 Å². The fraction of sp³-hybridized carbons (Fsp3) is 0.375. The van der Waals surface area contributed by atoms with Gasteiger partial charge in [0.15, 0.2) is 0 Å². The molecule has 2 rings (SSSR count). The number of amides is 1. The molecule has 112 valence electrons. The standard InChI is InChI=1S/C16H21N3O2/c1-3-17-11(2)16(21)19-13(10-20)8-12-9-18-15-7-5-4-6-14(12)15/h4-7,9-11,13,17-18H,3,8H2,1-2H3,(H,19,21)/t11-,13-/m0/s1. The molecular weight excluding hydrogens is 266 g/mol. The second kappa shape index (κ2) is 7.04. The van der Waals surface area contributed by atoms with E-state index in [4.69, 9.17) is 0 Å². The smallest absolute Gasteiger partial charge is 0.237 e. The number of carbonyl (C=O) groups is 2. The molecule has 5 heteroatoms. The predicted octanol–water partition coefficient (Wildman–Crippen LogP) is 1.39. The second-order valence-corrected chi connectivity index (χ2v) is 5.09. The Morgan fingerprint density at radius 1 is 1.38 bits per heavy atom. The zero-order chi connectivity index (χ0) is 15.2. The number of aromatic nitrogens is 1. The highest BCUT2D eigenvalue weighted by Crippen LogP contribution is 2.18. The molecule has 0 saturated heterocycles. The Hall–Kier alpha value is -2.14. The molecule has 1 amide bonds. The molecule has 0 fully saturated rings. The highest BCUT2D eigenvalue weighted by atomic mass is 16.2. The molecular formula is C16H21N3O2. The van der Waals surface area contributed by atoms with Crippen LogP contribution in [0, 0.1) is 0 Å². The number of H-pyrrole nitrogens is 1. The maximum Gasteiger partial charge on any atom is 0.237 e. The molecule has 0 bridgehead atoms. The van der Waals surface area contributed by atoms with Crippen LogP contribution < -0.4 is 10.6 Å². The lowest BCUT2D eigenvalue weighted by molar-refractivity contribution is -0.125. The second-order valence-electron chi connectivity index (χ2n) is 5.09. The topological polar surface area (TPSA) is 74.0 Å². The zero-order valence-electron chi connectivity index (χ0n) is 12.3. The van der Waals surface area contributed by atoms with Crippen molar-refractivity contribution in [3.05, 3.63) is 36.0 Å². The van der Waals surface area contributed by atoms with Crippen LogP contribution in [0.5, 0.6) is 0 Å². The van der Waals surface area contributed by atoms with Crippen molar-refractivity contribution in [2.45, 2.75) is 32.4 Å². The van der Waals surface area contributed by atoms with Crippen LogP contribution in [0.25, 0.3) is 10.9 Å². The molecule has 0 aliphatic heterocycles. The van der Waals surface area contributed by atoms with Gasteiger partial charge in [0.2, 0.25) is 5.91 Å². The van der Waals surface area contributed by atoms with Gasteiger partial charge in [0, 0.05) is 23.5 Å². The van der Waals surface area contributed by atoms with Crippen molar-refractivity contribution in [3.63, 3.8) is 0 Å². The van der Waals surface area contributed by atoms with Gasteiger partial charge >= 0.3 is 0 Å². The number of fused-ring (bicyclic) bond motifs is 1. The molecule has 0 radical (unpaired) electrons. The summed E-state index contributed by atoms with van der Waals surface area (Å²) < 4.78 is 0. The van der Waals surface area contributed by atoms with Crippen molar-refractivity contribution in [3.8, 4) is 0 Å². The van der Waals surface area contributed by atoms with E-state index < -0.39 is 6.04 Å². The molecule has 2 aromatic rings. The summed E-state index contributed by atoms with van der Waals surface area (Å²) in [7, 11) is 0. The van der Waals surface area contributed by atoms with E-state index in [0.717, 1.165) is 22.8 Å². The van der Waals surface area contributed by atoms with Gasteiger partial charge < -0.3 is 20.4 Å². The molecule has 0 spiro atoms. The van der Waals surface area contributed by atoms with Gasteiger partial charge in [-0.1, -0.05) is 25.1 Å². The normalized spacial score (nSPS) is 13.8. The minimum atomic E-state index is -0.516. The van der Waals surface area contributed by atoms with E-state index >= 15 is 0 Å². The van der Waals surface area contributed by atoms with E-state index in [9.17, 15) is 9.59 Å². The van der Waals surface area contributed by atoms with Crippen LogP contribution in [0.4, 0.5) is 0 Å². The van der Waals surface area contributed by atoms with Crippen molar-refractivity contribution in [1.29, 1.82) is 0 Å². The minimum absolute atomic E-state index is 0.159. The van der Waals surface area contributed by atoms with Gasteiger partial charge in [-0.05, 0) is 25.1 Å². The zero-order valence-corrected chi connectivity index (χ0v) is 12.3. The number of para-hydroxylation sites is 1. The van der Waals surface area contributed by atoms with Gasteiger partial charge in [-0.25, -0.2) is 0 Å². The first-order valence-corrected chi connectivity index (χ1v) is 7.19. The molecule has 0 aliphatic rings. The third-order valence-electron chi connectivity index (χ3n) is 3.51. The number of aldehydes is 1. The van der Waals surface area contributed by atoms with Crippen LogP contribution in [0.3, 0.4) is 0 Å². The minimum Gasteiger partial charge on any atom is -0.361 e. The summed E-state index contributed by atoms with van der Waals surface area (Å²) in [6, 6.07) is 7.09. The fourth-order valence-corrected chi connectivity index (χ4v) is 2.38. The van der Waals surface area contributed by atoms with Crippen LogP contribution in [-0.2, 0) is 16.0 Å². The van der Waals surface area contributed by atoms with E-state index in [0.29, 0.717) is 13.0 Å². The SMILES string of the molecule is CCN[C@@H](C)C(=O)N[C@H](C=O)Cc1c[nH]c2ccccc12. The quantitative estimate of drug-likeness (QED) is 0.674. The molecule has 0 saturated carbocycles. The summed E-state index contributed by atoms with van der Waals surface area (Å²) in [5.41, 5.74) is 2.06. The first-order valence-electron chi connectivity index (χ1n) is 7.19. The van der Waals surface area contributed by atoms with Gasteiger partial charge in [-0.15, -0.1) is 0 Å². The number of hydrogen-bond acceptors (Lipinski definition) is 3. The Morgan fingerprint density at radius 3 is 2.86 bits per heavy atom. The molecule has 3 N–H and O–H groups in total. The average Bonchev–Trinajstić information content (AvgIpc) is 2.90. The summed E-state index contributed by atoms with van der Waals surface area (Å²) in [5, 5.41) is 6.88. The van der Waals surface area contributed by atoms with Gasteiger partial charge in [-0.2, -0.15) is 0 Å².